The molecule has 0 radical (unpaired) electrons. The summed E-state index contributed by atoms with van der Waals surface area (Å²) < 4.78 is 47.1. The lowest BCUT2D eigenvalue weighted by Crippen LogP contribution is -2.35. The number of alkyl halides is 3. The Hall–Kier alpha value is -3.23. The van der Waals surface area contributed by atoms with Gasteiger partial charge in [0.25, 0.3) is 5.91 Å². The second-order valence-electron chi connectivity index (χ2n) is 7.07. The number of hydrogen-bond acceptors (Lipinski definition) is 4. The normalized spacial score (nSPS) is 18.8. The third-order valence-electron chi connectivity index (χ3n) is 5.16. The van der Waals surface area contributed by atoms with Crippen LogP contribution in [0.1, 0.15) is 45.9 Å². The van der Waals surface area contributed by atoms with E-state index in [2.05, 4.69) is 15.7 Å². The van der Waals surface area contributed by atoms with Gasteiger partial charge in [-0.25, -0.2) is 4.68 Å². The molecule has 3 aromatic rings. The molecule has 4 rings (SSSR count). The van der Waals surface area contributed by atoms with E-state index >= 15 is 0 Å². The summed E-state index contributed by atoms with van der Waals surface area (Å²) in [5.74, 6) is -0.0583. The summed E-state index contributed by atoms with van der Waals surface area (Å²) >= 11 is 0. The van der Waals surface area contributed by atoms with Gasteiger partial charge in [0.1, 0.15) is 11.6 Å². The van der Waals surface area contributed by atoms with Gasteiger partial charge in [0.05, 0.1) is 12.3 Å². The second-order valence-corrected chi connectivity index (χ2v) is 7.07. The van der Waals surface area contributed by atoms with Crippen molar-refractivity contribution < 1.29 is 22.4 Å². The first-order valence-electron chi connectivity index (χ1n) is 9.08. The lowest BCUT2D eigenvalue weighted by atomic mass is 10.0. The molecular weight excluding hydrogens is 385 g/mol. The van der Waals surface area contributed by atoms with Crippen LogP contribution in [0.4, 0.5) is 24.7 Å². The highest BCUT2D eigenvalue weighted by Gasteiger charge is 2.47. The van der Waals surface area contributed by atoms with Crippen LogP contribution in [0.15, 0.2) is 47.1 Å². The van der Waals surface area contributed by atoms with Crippen molar-refractivity contribution in [3.8, 4) is 0 Å². The molecule has 6 nitrogen and oxygen atoms in total. The predicted molar refractivity (Wildman–Crippen MR) is 101 cm³/mol. The molecule has 9 heteroatoms. The maximum absolute atomic E-state index is 13.7. The first kappa shape index (κ1) is 19.1. The molecule has 2 atom stereocenters. The lowest BCUT2D eigenvalue weighted by molar-refractivity contribution is -0.174. The second kappa shape index (κ2) is 6.98. The molecule has 0 bridgehead atoms. The predicted octanol–water partition coefficient (Wildman–Crippen LogP) is 5.01. The van der Waals surface area contributed by atoms with Crippen LogP contribution in [0.2, 0.25) is 0 Å². The van der Waals surface area contributed by atoms with E-state index < -0.39 is 24.2 Å². The van der Waals surface area contributed by atoms with Gasteiger partial charge in [-0.1, -0.05) is 12.1 Å². The van der Waals surface area contributed by atoms with Gasteiger partial charge in [-0.3, -0.25) is 4.79 Å². The summed E-state index contributed by atoms with van der Waals surface area (Å²) in [5.41, 5.74) is 2.37. The topological polar surface area (TPSA) is 72.1 Å². The van der Waals surface area contributed by atoms with Crippen molar-refractivity contribution in [2.75, 3.05) is 10.6 Å². The van der Waals surface area contributed by atoms with Gasteiger partial charge in [-0.05, 0) is 43.2 Å². The Bertz CT molecular complexity index is 1040. The number of aryl methyl sites for hydroxylation is 1. The Morgan fingerprint density at radius 2 is 2.07 bits per heavy atom. The van der Waals surface area contributed by atoms with E-state index in [1.54, 1.807) is 24.3 Å². The van der Waals surface area contributed by atoms with E-state index in [1.807, 2.05) is 19.9 Å². The first-order chi connectivity index (χ1) is 13.7. The Labute approximate surface area is 164 Å². The largest absolute Gasteiger partial charge is 0.467 e. The Balaban J connectivity index is 1.65. The molecule has 1 amide bonds. The van der Waals surface area contributed by atoms with Gasteiger partial charge in [0.15, 0.2) is 11.7 Å². The fraction of sp³-hybridized carbons (Fsp3) is 0.300. The number of nitrogens with zero attached hydrogens (tertiary/aromatic N) is 2. The minimum Gasteiger partial charge on any atom is -0.467 e. The van der Waals surface area contributed by atoms with Gasteiger partial charge in [0.2, 0.25) is 0 Å². The maximum atomic E-state index is 13.7. The summed E-state index contributed by atoms with van der Waals surface area (Å²) in [6.07, 6.45) is -3.40. The first-order valence-corrected chi connectivity index (χ1v) is 9.08. The highest BCUT2D eigenvalue weighted by molar-refractivity contribution is 6.03. The van der Waals surface area contributed by atoms with Crippen molar-refractivity contribution in [3.05, 3.63) is 65.2 Å². The Morgan fingerprint density at radius 3 is 2.76 bits per heavy atom. The molecule has 2 N–H and O–H groups in total. The summed E-state index contributed by atoms with van der Waals surface area (Å²) in [7, 11) is 0. The number of amides is 1. The zero-order valence-corrected chi connectivity index (χ0v) is 15.7. The highest BCUT2D eigenvalue weighted by atomic mass is 19.4. The average molecular weight is 404 g/mol. The van der Waals surface area contributed by atoms with Crippen molar-refractivity contribution in [1.82, 2.24) is 9.78 Å². The number of rotatable bonds is 3. The number of furan rings is 1. The van der Waals surface area contributed by atoms with Crippen molar-refractivity contribution >= 4 is 17.4 Å². The van der Waals surface area contributed by atoms with Crippen molar-refractivity contribution in [3.63, 3.8) is 0 Å². The smallest absolute Gasteiger partial charge is 0.410 e. The Morgan fingerprint density at radius 1 is 1.28 bits per heavy atom. The zero-order valence-electron chi connectivity index (χ0n) is 15.7. The molecule has 0 saturated carbocycles. The molecule has 1 aliphatic heterocycles. The molecule has 0 fully saturated rings. The Kier molecular flexibility index (Phi) is 4.60. The van der Waals surface area contributed by atoms with E-state index in [9.17, 15) is 18.0 Å². The molecule has 0 spiro atoms. The molecule has 2 unspecified atom stereocenters. The quantitative estimate of drug-likeness (QED) is 0.644. The minimum absolute atomic E-state index is 0.0947. The fourth-order valence-electron chi connectivity index (χ4n) is 3.43. The molecule has 152 valence electrons. The molecule has 0 aliphatic carbocycles. The van der Waals surface area contributed by atoms with Crippen LogP contribution >= 0.6 is 0 Å². The van der Waals surface area contributed by atoms with Crippen molar-refractivity contribution in [1.29, 1.82) is 0 Å². The summed E-state index contributed by atoms with van der Waals surface area (Å²) in [4.78, 5) is 12.6. The number of anilines is 2. The number of fused-ring (bicyclic) bond motifs is 1. The molecule has 3 heterocycles. The van der Waals surface area contributed by atoms with Gasteiger partial charge in [0, 0.05) is 18.2 Å². The molecule has 29 heavy (non-hydrogen) atoms. The van der Waals surface area contributed by atoms with Crippen molar-refractivity contribution in [2.24, 2.45) is 0 Å². The van der Waals surface area contributed by atoms with Gasteiger partial charge in [-0.15, -0.1) is 0 Å². The standard InChI is InChI=1S/C20H19F3N4O2/c1-11-5-3-6-13(12(11)2)25-19(28)15-10-18-24-14(16-7-4-8-29-16)9-17(20(21,22)23)27(18)26-15/h3-8,10,14,17,24H,9H2,1-2H3,(H,25,28). The third-order valence-corrected chi connectivity index (χ3v) is 5.16. The van der Waals surface area contributed by atoms with Crippen LogP contribution in [0.3, 0.4) is 0 Å². The SMILES string of the molecule is Cc1cccc(NC(=O)c2cc3n(n2)C(C(F)(F)F)CC(c2ccco2)N3)c1C. The number of carbonyl (C=O) groups excluding carboxylic acids is 1. The number of aromatic nitrogens is 2. The summed E-state index contributed by atoms with van der Waals surface area (Å²) in [6, 6.07) is 7.47. The number of carbonyl (C=O) groups is 1. The van der Waals surface area contributed by atoms with Crippen LogP contribution in [-0.2, 0) is 0 Å². The van der Waals surface area contributed by atoms with E-state index in [-0.39, 0.29) is 17.9 Å². The summed E-state index contributed by atoms with van der Waals surface area (Å²) in [6.45, 7) is 3.77. The fourth-order valence-corrected chi connectivity index (χ4v) is 3.43. The molecule has 1 aromatic carbocycles. The van der Waals surface area contributed by atoms with E-state index in [0.717, 1.165) is 15.8 Å². The number of nitrogens with one attached hydrogen (secondary N) is 2. The maximum Gasteiger partial charge on any atom is 0.410 e. The van der Waals surface area contributed by atoms with Crippen LogP contribution < -0.4 is 10.6 Å². The average Bonchev–Trinajstić information content (AvgIpc) is 3.33. The van der Waals surface area contributed by atoms with Gasteiger partial charge in [-0.2, -0.15) is 18.3 Å². The third kappa shape index (κ3) is 3.59. The number of hydrogen-bond donors (Lipinski definition) is 2. The molecule has 1 aliphatic rings. The molecule has 2 aromatic heterocycles. The highest BCUT2D eigenvalue weighted by Crippen LogP contribution is 2.43. The summed E-state index contributed by atoms with van der Waals surface area (Å²) in [5, 5.41) is 9.67. The van der Waals surface area contributed by atoms with E-state index in [1.165, 1.54) is 12.3 Å². The molecular formula is C20H19F3N4O2. The van der Waals surface area contributed by atoms with Crippen LogP contribution in [0.5, 0.6) is 0 Å². The molecule has 0 saturated heterocycles. The number of benzene rings is 1. The zero-order chi connectivity index (χ0) is 20.8. The van der Waals surface area contributed by atoms with Crippen LogP contribution in [0, 0.1) is 13.8 Å². The minimum atomic E-state index is -4.52. The van der Waals surface area contributed by atoms with Gasteiger partial charge >= 0.3 is 6.18 Å². The lowest BCUT2D eigenvalue weighted by Gasteiger charge is -2.32. The van der Waals surface area contributed by atoms with Crippen molar-refractivity contribution in [2.45, 2.75) is 38.5 Å². The monoisotopic (exact) mass is 404 g/mol. The van der Waals surface area contributed by atoms with Crippen LogP contribution in [0.25, 0.3) is 0 Å². The van der Waals surface area contributed by atoms with Gasteiger partial charge < -0.3 is 15.1 Å². The number of halogens is 3. The van der Waals surface area contributed by atoms with Crippen LogP contribution in [-0.4, -0.2) is 21.9 Å². The van der Waals surface area contributed by atoms with E-state index in [0.29, 0.717) is 11.4 Å². The van der Waals surface area contributed by atoms with E-state index in [4.69, 9.17) is 4.42 Å².